The van der Waals surface area contributed by atoms with Crippen LogP contribution in [0, 0.1) is 17.6 Å². The lowest BCUT2D eigenvalue weighted by Gasteiger charge is -2.14. The molecular weight excluding hydrogens is 270 g/mol. The topological polar surface area (TPSA) is 78.4 Å². The molecule has 1 aliphatic carbocycles. The third-order valence-corrected chi connectivity index (χ3v) is 3.32. The molecule has 5 nitrogen and oxygen atoms in total. The van der Waals surface area contributed by atoms with Gasteiger partial charge in [0.05, 0.1) is 5.92 Å². The van der Waals surface area contributed by atoms with Gasteiger partial charge in [-0.15, -0.1) is 0 Å². The molecule has 1 aromatic carbocycles. The number of hydrogen-bond donors (Lipinski definition) is 3. The van der Waals surface area contributed by atoms with E-state index in [4.69, 9.17) is 5.11 Å². The Morgan fingerprint density at radius 3 is 2.40 bits per heavy atom. The molecule has 1 saturated carbocycles. The molecule has 0 aliphatic heterocycles. The van der Waals surface area contributed by atoms with Gasteiger partial charge in [-0.05, 0) is 31.4 Å². The molecule has 108 valence electrons. The average molecular weight is 284 g/mol. The van der Waals surface area contributed by atoms with Crippen LogP contribution in [0.25, 0.3) is 0 Å². The highest BCUT2D eigenvalue weighted by Gasteiger charge is 2.30. The van der Waals surface area contributed by atoms with Crippen molar-refractivity contribution >= 4 is 17.7 Å². The number of benzene rings is 1. The van der Waals surface area contributed by atoms with E-state index < -0.39 is 35.2 Å². The van der Waals surface area contributed by atoms with E-state index in [1.54, 1.807) is 0 Å². The number of hydrogen-bond acceptors (Lipinski definition) is 2. The maximum atomic E-state index is 13.3. The number of anilines is 1. The van der Waals surface area contributed by atoms with Gasteiger partial charge in [0.25, 0.3) is 0 Å². The highest BCUT2D eigenvalue weighted by molar-refractivity contribution is 5.89. The Morgan fingerprint density at radius 2 is 1.85 bits per heavy atom. The van der Waals surface area contributed by atoms with E-state index in [9.17, 15) is 18.4 Å². The van der Waals surface area contributed by atoms with Crippen molar-refractivity contribution in [2.45, 2.75) is 25.3 Å². The first-order chi connectivity index (χ1) is 9.47. The third kappa shape index (κ3) is 3.23. The SMILES string of the molecule is O=C(Nc1c(F)cccc1F)NC1CCC(C(=O)O)C1. The van der Waals surface area contributed by atoms with E-state index in [-0.39, 0.29) is 6.04 Å². The summed E-state index contributed by atoms with van der Waals surface area (Å²) >= 11 is 0. The molecule has 1 aromatic rings. The van der Waals surface area contributed by atoms with Crippen LogP contribution in [0.4, 0.5) is 19.3 Å². The Balaban J connectivity index is 1.92. The van der Waals surface area contributed by atoms with Gasteiger partial charge in [0.2, 0.25) is 0 Å². The van der Waals surface area contributed by atoms with Gasteiger partial charge in [-0.2, -0.15) is 0 Å². The van der Waals surface area contributed by atoms with E-state index in [0.717, 1.165) is 12.1 Å². The van der Waals surface area contributed by atoms with E-state index in [2.05, 4.69) is 10.6 Å². The van der Waals surface area contributed by atoms with Crippen molar-refractivity contribution < 1.29 is 23.5 Å². The Labute approximate surface area is 114 Å². The number of para-hydroxylation sites is 1. The standard InChI is InChI=1S/C13H14F2N2O3/c14-9-2-1-3-10(15)11(9)17-13(20)16-8-5-4-7(6-8)12(18)19/h1-3,7-8H,4-6H2,(H,18,19)(H2,16,17,20). The molecule has 2 unspecified atom stereocenters. The average Bonchev–Trinajstić information content (AvgIpc) is 2.82. The summed E-state index contributed by atoms with van der Waals surface area (Å²) < 4.78 is 26.7. The largest absolute Gasteiger partial charge is 0.481 e. The first kappa shape index (κ1) is 14.2. The van der Waals surface area contributed by atoms with Crippen molar-refractivity contribution in [3.8, 4) is 0 Å². The molecule has 20 heavy (non-hydrogen) atoms. The lowest BCUT2D eigenvalue weighted by Crippen LogP contribution is -2.37. The number of aliphatic carboxylic acids is 1. The van der Waals surface area contributed by atoms with Crippen LogP contribution in [0.5, 0.6) is 0 Å². The second kappa shape index (κ2) is 5.85. The molecule has 2 rings (SSSR count). The molecule has 7 heteroatoms. The monoisotopic (exact) mass is 284 g/mol. The van der Waals surface area contributed by atoms with Crippen LogP contribution in [0.1, 0.15) is 19.3 Å². The minimum atomic E-state index is -0.894. The maximum Gasteiger partial charge on any atom is 0.319 e. The Kier molecular flexibility index (Phi) is 4.16. The normalized spacial score (nSPS) is 21.5. The molecule has 0 heterocycles. The lowest BCUT2D eigenvalue weighted by atomic mass is 10.1. The zero-order valence-electron chi connectivity index (χ0n) is 10.5. The second-order valence-electron chi connectivity index (χ2n) is 4.74. The zero-order chi connectivity index (χ0) is 14.7. The molecular formula is C13H14F2N2O3. The summed E-state index contributed by atoms with van der Waals surface area (Å²) in [6.07, 6.45) is 1.33. The maximum absolute atomic E-state index is 13.3. The summed E-state index contributed by atoms with van der Waals surface area (Å²) in [5.74, 6) is -3.11. The number of halogens is 2. The molecule has 3 N–H and O–H groups in total. The molecule has 0 aromatic heterocycles. The van der Waals surface area contributed by atoms with Gasteiger partial charge in [0.1, 0.15) is 17.3 Å². The van der Waals surface area contributed by atoms with Crippen molar-refractivity contribution in [3.63, 3.8) is 0 Å². The third-order valence-electron chi connectivity index (χ3n) is 3.32. The van der Waals surface area contributed by atoms with Crippen molar-refractivity contribution in [1.29, 1.82) is 0 Å². The molecule has 2 atom stereocenters. The van der Waals surface area contributed by atoms with Gasteiger partial charge in [0.15, 0.2) is 0 Å². The molecule has 0 radical (unpaired) electrons. The van der Waals surface area contributed by atoms with E-state index in [1.807, 2.05) is 0 Å². The van der Waals surface area contributed by atoms with E-state index in [0.29, 0.717) is 19.3 Å². The fourth-order valence-electron chi connectivity index (χ4n) is 2.29. The molecule has 1 fully saturated rings. The van der Waals surface area contributed by atoms with Gasteiger partial charge in [-0.3, -0.25) is 4.79 Å². The van der Waals surface area contributed by atoms with Crippen LogP contribution in [0.2, 0.25) is 0 Å². The van der Waals surface area contributed by atoms with Crippen molar-refractivity contribution in [1.82, 2.24) is 5.32 Å². The van der Waals surface area contributed by atoms with Gasteiger partial charge in [-0.25, -0.2) is 13.6 Å². The number of carboxylic acids is 1. The van der Waals surface area contributed by atoms with E-state index in [1.165, 1.54) is 6.07 Å². The first-order valence-corrected chi connectivity index (χ1v) is 6.21. The van der Waals surface area contributed by atoms with E-state index >= 15 is 0 Å². The summed E-state index contributed by atoms with van der Waals surface area (Å²) in [5.41, 5.74) is -0.516. The van der Waals surface area contributed by atoms with Crippen LogP contribution in [0.15, 0.2) is 18.2 Å². The smallest absolute Gasteiger partial charge is 0.319 e. The molecule has 2 amide bonds. The number of rotatable bonds is 3. The van der Waals surface area contributed by atoms with Crippen LogP contribution >= 0.6 is 0 Å². The fourth-order valence-corrected chi connectivity index (χ4v) is 2.29. The number of amides is 2. The first-order valence-electron chi connectivity index (χ1n) is 6.21. The predicted octanol–water partition coefficient (Wildman–Crippen LogP) is 2.34. The Hall–Kier alpha value is -2.18. The van der Waals surface area contributed by atoms with Crippen molar-refractivity contribution in [2.24, 2.45) is 5.92 Å². The van der Waals surface area contributed by atoms with Crippen LogP contribution in [0.3, 0.4) is 0 Å². The van der Waals surface area contributed by atoms with Gasteiger partial charge < -0.3 is 15.7 Å². The fraction of sp³-hybridized carbons (Fsp3) is 0.385. The summed E-state index contributed by atoms with van der Waals surface area (Å²) in [6, 6.07) is 2.22. The molecule has 0 saturated heterocycles. The van der Waals surface area contributed by atoms with Crippen LogP contribution in [-0.2, 0) is 4.79 Å². The molecule has 0 spiro atoms. The van der Waals surface area contributed by atoms with Gasteiger partial charge >= 0.3 is 12.0 Å². The molecule has 1 aliphatic rings. The van der Waals surface area contributed by atoms with Crippen molar-refractivity contribution in [3.05, 3.63) is 29.8 Å². The Morgan fingerprint density at radius 1 is 1.20 bits per heavy atom. The number of carbonyl (C=O) groups is 2. The number of urea groups is 1. The minimum absolute atomic E-state index is 0.300. The highest BCUT2D eigenvalue weighted by atomic mass is 19.1. The van der Waals surface area contributed by atoms with Gasteiger partial charge in [-0.1, -0.05) is 6.07 Å². The minimum Gasteiger partial charge on any atom is -0.481 e. The number of carbonyl (C=O) groups excluding carboxylic acids is 1. The zero-order valence-corrected chi connectivity index (χ0v) is 10.5. The summed E-state index contributed by atoms with van der Waals surface area (Å²) in [6.45, 7) is 0. The quantitative estimate of drug-likeness (QED) is 0.797. The van der Waals surface area contributed by atoms with Crippen LogP contribution < -0.4 is 10.6 Å². The number of nitrogens with one attached hydrogen (secondary N) is 2. The summed E-state index contributed by atoms with van der Waals surface area (Å²) in [7, 11) is 0. The van der Waals surface area contributed by atoms with Gasteiger partial charge in [0, 0.05) is 6.04 Å². The van der Waals surface area contributed by atoms with Crippen LogP contribution in [-0.4, -0.2) is 23.1 Å². The summed E-state index contributed by atoms with van der Waals surface area (Å²) in [4.78, 5) is 22.4. The molecule has 0 bridgehead atoms. The van der Waals surface area contributed by atoms with Crippen molar-refractivity contribution in [2.75, 3.05) is 5.32 Å². The number of carboxylic acid groups (broad SMARTS) is 1. The predicted molar refractivity (Wildman–Crippen MR) is 67.3 cm³/mol. The lowest BCUT2D eigenvalue weighted by molar-refractivity contribution is -0.141. The highest BCUT2D eigenvalue weighted by Crippen LogP contribution is 2.26. The summed E-state index contributed by atoms with van der Waals surface area (Å²) in [5, 5.41) is 13.5. The second-order valence-corrected chi connectivity index (χ2v) is 4.74. The Bertz CT molecular complexity index is 516.